The predicted octanol–water partition coefficient (Wildman–Crippen LogP) is 3.25. The monoisotopic (exact) mass is 419 g/mol. The number of amides is 2. The van der Waals surface area contributed by atoms with Crippen LogP contribution in [0.1, 0.15) is 29.8 Å². The average Bonchev–Trinajstić information content (AvgIpc) is 2.67. The van der Waals surface area contributed by atoms with Crippen molar-refractivity contribution in [3.05, 3.63) is 64.7 Å². The topological polar surface area (TPSA) is 79.5 Å². The Balaban J connectivity index is 1.80. The summed E-state index contributed by atoms with van der Waals surface area (Å²) in [5.41, 5.74) is 6.16. The number of benzene rings is 2. The highest BCUT2D eigenvalue weighted by molar-refractivity contribution is 7.80. The summed E-state index contributed by atoms with van der Waals surface area (Å²) in [5.74, 6) is 0.282. The number of thiocarbonyl (C=S) groups is 1. The number of ether oxygens (including phenoxy) is 1. The van der Waals surface area contributed by atoms with Crippen molar-refractivity contribution in [3.8, 4) is 5.75 Å². The molecule has 6 nitrogen and oxygen atoms in total. The predicted molar refractivity (Wildman–Crippen MR) is 113 cm³/mol. The van der Waals surface area contributed by atoms with E-state index in [9.17, 15) is 9.59 Å². The highest BCUT2D eigenvalue weighted by Gasteiger charge is 2.10. The molecule has 0 aliphatic carbocycles. The first-order chi connectivity index (χ1) is 13.3. The lowest BCUT2D eigenvalue weighted by atomic mass is 10.1. The molecule has 0 radical (unpaired) electrons. The second-order valence-corrected chi connectivity index (χ2v) is 7.34. The second-order valence-electron chi connectivity index (χ2n) is 6.49. The van der Waals surface area contributed by atoms with Crippen molar-refractivity contribution in [2.45, 2.75) is 20.3 Å². The molecule has 0 heterocycles. The van der Waals surface area contributed by atoms with Crippen LogP contribution in [0, 0.1) is 5.92 Å². The summed E-state index contributed by atoms with van der Waals surface area (Å²) in [6, 6.07) is 13.7. The van der Waals surface area contributed by atoms with E-state index in [4.69, 9.17) is 28.6 Å². The number of hydrazine groups is 1. The molecule has 0 unspecified atom stereocenters. The lowest BCUT2D eigenvalue weighted by Gasteiger charge is -2.12. The van der Waals surface area contributed by atoms with Crippen molar-refractivity contribution in [1.82, 2.24) is 16.2 Å². The molecule has 0 aliphatic heterocycles. The highest BCUT2D eigenvalue weighted by atomic mass is 35.5. The van der Waals surface area contributed by atoms with Crippen LogP contribution < -0.4 is 20.9 Å². The minimum atomic E-state index is -0.403. The van der Waals surface area contributed by atoms with Crippen molar-refractivity contribution >= 4 is 40.7 Å². The largest absolute Gasteiger partial charge is 0.493 e. The van der Waals surface area contributed by atoms with Gasteiger partial charge in [-0.25, -0.2) is 0 Å². The van der Waals surface area contributed by atoms with Gasteiger partial charge in [0.15, 0.2) is 5.11 Å². The van der Waals surface area contributed by atoms with E-state index in [0.29, 0.717) is 28.9 Å². The van der Waals surface area contributed by atoms with E-state index in [2.05, 4.69) is 16.2 Å². The number of rotatable bonds is 6. The molecule has 28 heavy (non-hydrogen) atoms. The van der Waals surface area contributed by atoms with Gasteiger partial charge in [-0.05, 0) is 54.0 Å². The summed E-state index contributed by atoms with van der Waals surface area (Å²) >= 11 is 10.9. The van der Waals surface area contributed by atoms with E-state index >= 15 is 0 Å². The summed E-state index contributed by atoms with van der Waals surface area (Å²) in [6.07, 6.45) is 0.149. The maximum absolute atomic E-state index is 12.3. The molecule has 2 amide bonds. The van der Waals surface area contributed by atoms with Crippen LogP contribution >= 0.6 is 23.8 Å². The fraction of sp³-hybridized carbons (Fsp3) is 0.250. The van der Waals surface area contributed by atoms with Crippen molar-refractivity contribution in [2.24, 2.45) is 5.92 Å². The number of nitrogens with one attached hydrogen (secondary N) is 3. The smallest absolute Gasteiger partial charge is 0.257 e. The zero-order chi connectivity index (χ0) is 20.5. The standard InChI is InChI=1S/C20H22ClN3O3S/c1-13(2)12-27-17-5-3-4-15(11-17)19(26)22-20(28)24-23-18(25)10-14-6-8-16(21)9-7-14/h3-9,11,13H,10,12H2,1-2H3,(H,23,25)(H2,22,24,26,28). The van der Waals surface area contributed by atoms with Gasteiger partial charge in [-0.3, -0.25) is 25.8 Å². The number of hydrogen-bond acceptors (Lipinski definition) is 4. The zero-order valence-corrected chi connectivity index (χ0v) is 17.2. The zero-order valence-electron chi connectivity index (χ0n) is 15.6. The Morgan fingerprint density at radius 2 is 1.82 bits per heavy atom. The Bertz CT molecular complexity index is 841. The van der Waals surface area contributed by atoms with Gasteiger partial charge in [0.25, 0.3) is 5.91 Å². The number of carbonyl (C=O) groups excluding carboxylic acids is 2. The summed E-state index contributed by atoms with van der Waals surface area (Å²) in [5, 5.41) is 3.10. The van der Waals surface area contributed by atoms with Crippen molar-refractivity contribution in [2.75, 3.05) is 6.61 Å². The van der Waals surface area contributed by atoms with Crippen LogP contribution in [0.3, 0.4) is 0 Å². The van der Waals surface area contributed by atoms with E-state index in [-0.39, 0.29) is 17.4 Å². The lowest BCUT2D eigenvalue weighted by Crippen LogP contribution is -2.48. The molecule has 3 N–H and O–H groups in total. The van der Waals surface area contributed by atoms with Gasteiger partial charge in [0, 0.05) is 10.6 Å². The molecule has 0 aromatic heterocycles. The molecule has 0 fully saturated rings. The average molecular weight is 420 g/mol. The van der Waals surface area contributed by atoms with Gasteiger partial charge in [-0.2, -0.15) is 0 Å². The number of halogens is 1. The third-order valence-corrected chi connectivity index (χ3v) is 3.96. The van der Waals surface area contributed by atoms with E-state index < -0.39 is 5.91 Å². The first-order valence-corrected chi connectivity index (χ1v) is 9.49. The van der Waals surface area contributed by atoms with Gasteiger partial charge in [0.05, 0.1) is 13.0 Å². The van der Waals surface area contributed by atoms with Crippen molar-refractivity contribution < 1.29 is 14.3 Å². The van der Waals surface area contributed by atoms with E-state index in [1.165, 1.54) is 0 Å². The maximum Gasteiger partial charge on any atom is 0.257 e. The van der Waals surface area contributed by atoms with E-state index in [1.54, 1.807) is 48.5 Å². The SMILES string of the molecule is CC(C)COc1cccc(C(=O)NC(=S)NNC(=O)Cc2ccc(Cl)cc2)c1. The molecule has 2 aromatic carbocycles. The second kappa shape index (κ2) is 10.6. The van der Waals surface area contributed by atoms with Crippen LogP contribution in [-0.2, 0) is 11.2 Å². The Labute approximate surface area is 174 Å². The lowest BCUT2D eigenvalue weighted by molar-refractivity contribution is -0.121. The van der Waals surface area contributed by atoms with Crippen molar-refractivity contribution in [1.29, 1.82) is 0 Å². The summed E-state index contributed by atoms with van der Waals surface area (Å²) in [4.78, 5) is 24.2. The minimum Gasteiger partial charge on any atom is -0.493 e. The molecule has 0 aliphatic rings. The molecule has 0 spiro atoms. The summed E-state index contributed by atoms with van der Waals surface area (Å²) < 4.78 is 5.61. The van der Waals surface area contributed by atoms with Gasteiger partial charge in [-0.1, -0.05) is 43.6 Å². The first kappa shape index (κ1) is 21.7. The van der Waals surface area contributed by atoms with Crippen LogP contribution in [0.5, 0.6) is 5.75 Å². The fourth-order valence-corrected chi connectivity index (χ4v) is 2.42. The summed E-state index contributed by atoms with van der Waals surface area (Å²) in [7, 11) is 0. The summed E-state index contributed by atoms with van der Waals surface area (Å²) in [6.45, 7) is 4.65. The van der Waals surface area contributed by atoms with Gasteiger partial charge >= 0.3 is 0 Å². The highest BCUT2D eigenvalue weighted by Crippen LogP contribution is 2.14. The van der Waals surface area contributed by atoms with Gasteiger partial charge in [0.2, 0.25) is 5.91 Å². The molecule has 0 atom stereocenters. The molecule has 0 bridgehead atoms. The Kier molecular flexibility index (Phi) is 8.22. The normalized spacial score (nSPS) is 10.3. The fourth-order valence-electron chi connectivity index (χ4n) is 2.15. The number of carbonyl (C=O) groups is 2. The van der Waals surface area contributed by atoms with Crippen molar-refractivity contribution in [3.63, 3.8) is 0 Å². The number of hydrogen-bond donors (Lipinski definition) is 3. The molecule has 0 saturated carbocycles. The molecule has 2 rings (SSSR count). The van der Waals surface area contributed by atoms with Crippen LogP contribution in [0.15, 0.2) is 48.5 Å². The molecular weight excluding hydrogens is 398 g/mol. The Morgan fingerprint density at radius 3 is 2.50 bits per heavy atom. The molecule has 2 aromatic rings. The van der Waals surface area contributed by atoms with Crippen LogP contribution in [0.4, 0.5) is 0 Å². The van der Waals surface area contributed by atoms with Crippen LogP contribution in [0.25, 0.3) is 0 Å². The van der Waals surface area contributed by atoms with Gasteiger partial charge in [-0.15, -0.1) is 0 Å². The quantitative estimate of drug-likeness (QED) is 0.494. The Morgan fingerprint density at radius 1 is 1.11 bits per heavy atom. The molecular formula is C20H22ClN3O3S. The minimum absolute atomic E-state index is 0.0112. The Hall–Kier alpha value is -2.64. The molecule has 8 heteroatoms. The molecule has 148 valence electrons. The maximum atomic E-state index is 12.3. The van der Waals surface area contributed by atoms with Gasteiger partial charge < -0.3 is 4.74 Å². The van der Waals surface area contributed by atoms with Crippen LogP contribution in [0.2, 0.25) is 5.02 Å². The van der Waals surface area contributed by atoms with E-state index in [1.807, 2.05) is 13.8 Å². The van der Waals surface area contributed by atoms with Crippen LogP contribution in [-0.4, -0.2) is 23.5 Å². The first-order valence-electron chi connectivity index (χ1n) is 8.71. The van der Waals surface area contributed by atoms with E-state index in [0.717, 1.165) is 5.56 Å². The third kappa shape index (κ3) is 7.54. The third-order valence-electron chi connectivity index (χ3n) is 3.50. The van der Waals surface area contributed by atoms with Gasteiger partial charge in [0.1, 0.15) is 5.75 Å². The molecule has 0 saturated heterocycles.